The van der Waals surface area contributed by atoms with Crippen LogP contribution in [0.15, 0.2) is 29.2 Å². The second-order valence-electron chi connectivity index (χ2n) is 8.92. The standard InChI is InChI=1S/C20H30N2O6S/c23-15-9-21-29(26,27)19-4-2-1-3-18(19)28-13-20(7-16(24)17(25)8-20)12-22(11-15)10-14-5-6-14/h1-4,14-17,21,23-25H,5-13H2/t15-,16-,17+,20?/m0/s1. The zero-order valence-electron chi connectivity index (χ0n) is 16.4. The normalized spacial score (nSPS) is 36.0. The van der Waals surface area contributed by atoms with Crippen LogP contribution in [0.4, 0.5) is 0 Å². The molecule has 1 unspecified atom stereocenters. The van der Waals surface area contributed by atoms with E-state index in [0.29, 0.717) is 31.8 Å². The van der Waals surface area contributed by atoms with Crippen LogP contribution < -0.4 is 9.46 Å². The van der Waals surface area contributed by atoms with Gasteiger partial charge in [-0.1, -0.05) is 12.1 Å². The van der Waals surface area contributed by atoms with E-state index in [4.69, 9.17) is 4.74 Å². The molecule has 0 radical (unpaired) electrons. The minimum atomic E-state index is -3.84. The van der Waals surface area contributed by atoms with Crippen LogP contribution in [0.2, 0.25) is 0 Å². The number of aliphatic hydroxyl groups is 3. The van der Waals surface area contributed by atoms with Gasteiger partial charge in [0.2, 0.25) is 10.0 Å². The van der Waals surface area contributed by atoms with Crippen LogP contribution in [0.25, 0.3) is 0 Å². The first kappa shape index (κ1) is 21.0. The van der Waals surface area contributed by atoms with Crippen LogP contribution >= 0.6 is 0 Å². The number of aliphatic hydroxyl groups excluding tert-OH is 3. The summed E-state index contributed by atoms with van der Waals surface area (Å²) in [6.07, 6.45) is 0.531. The van der Waals surface area contributed by atoms with Crippen molar-refractivity contribution in [3.05, 3.63) is 24.3 Å². The summed E-state index contributed by atoms with van der Waals surface area (Å²) in [4.78, 5) is 2.16. The molecule has 0 amide bonds. The predicted molar refractivity (Wildman–Crippen MR) is 106 cm³/mol. The van der Waals surface area contributed by atoms with E-state index < -0.39 is 33.8 Å². The molecule has 29 heavy (non-hydrogen) atoms. The lowest BCUT2D eigenvalue weighted by Crippen LogP contribution is -2.47. The first-order valence-corrected chi connectivity index (χ1v) is 11.7. The number of hydrogen-bond donors (Lipinski definition) is 4. The van der Waals surface area contributed by atoms with Crippen molar-refractivity contribution in [3.63, 3.8) is 0 Å². The number of nitrogens with one attached hydrogen (secondary N) is 1. The third-order valence-corrected chi connectivity index (χ3v) is 7.61. The fourth-order valence-corrected chi connectivity index (χ4v) is 5.76. The van der Waals surface area contributed by atoms with Crippen molar-refractivity contribution in [1.82, 2.24) is 9.62 Å². The molecule has 1 aliphatic heterocycles. The number of β-amino-alcohol motifs (C(OH)–C–C–N with tert-alkyl or cyclic N) is 1. The Balaban J connectivity index is 1.66. The van der Waals surface area contributed by atoms with Gasteiger partial charge in [-0.25, -0.2) is 13.1 Å². The molecule has 4 rings (SSSR count). The van der Waals surface area contributed by atoms with Crippen LogP contribution in [0.3, 0.4) is 0 Å². The number of sulfonamides is 1. The van der Waals surface area contributed by atoms with Gasteiger partial charge in [-0.3, -0.25) is 4.90 Å². The first-order chi connectivity index (χ1) is 13.8. The van der Waals surface area contributed by atoms with Crippen molar-refractivity contribution in [2.24, 2.45) is 11.3 Å². The van der Waals surface area contributed by atoms with E-state index in [0.717, 1.165) is 19.4 Å². The Hall–Kier alpha value is -1.23. The summed E-state index contributed by atoms with van der Waals surface area (Å²) in [5, 5.41) is 31.0. The van der Waals surface area contributed by atoms with Crippen molar-refractivity contribution in [1.29, 1.82) is 0 Å². The van der Waals surface area contributed by atoms with Gasteiger partial charge in [0.25, 0.3) is 0 Å². The van der Waals surface area contributed by atoms with Gasteiger partial charge in [0.05, 0.1) is 24.9 Å². The number of ether oxygens (including phenoxy) is 1. The van der Waals surface area contributed by atoms with Crippen molar-refractivity contribution in [2.45, 2.75) is 48.9 Å². The van der Waals surface area contributed by atoms with Crippen LogP contribution in [0.5, 0.6) is 5.75 Å². The average Bonchev–Trinajstić information content (AvgIpc) is 3.43. The Morgan fingerprint density at radius 2 is 1.83 bits per heavy atom. The molecule has 8 nitrogen and oxygen atoms in total. The number of nitrogens with zero attached hydrogens (tertiary/aromatic N) is 1. The third-order valence-electron chi connectivity index (χ3n) is 6.15. The summed E-state index contributed by atoms with van der Waals surface area (Å²) >= 11 is 0. The van der Waals surface area contributed by atoms with Crippen molar-refractivity contribution in [3.8, 4) is 5.75 Å². The van der Waals surface area contributed by atoms with Gasteiger partial charge < -0.3 is 20.1 Å². The molecule has 0 bridgehead atoms. The summed E-state index contributed by atoms with van der Waals surface area (Å²) in [5.41, 5.74) is -0.517. The van der Waals surface area contributed by atoms with Crippen LogP contribution in [-0.4, -0.2) is 79.7 Å². The second kappa shape index (κ2) is 8.13. The SMILES string of the molecule is O=S1(=O)NC[C@H](O)CN(CC2CC2)CC2(COc3ccccc31)C[C@@H](O)[C@@H](O)C2. The van der Waals surface area contributed by atoms with Crippen molar-refractivity contribution >= 4 is 10.0 Å². The summed E-state index contributed by atoms with van der Waals surface area (Å²) in [5.74, 6) is 0.820. The molecule has 1 heterocycles. The van der Waals surface area contributed by atoms with E-state index in [1.165, 1.54) is 6.07 Å². The minimum Gasteiger partial charge on any atom is -0.492 e. The lowest BCUT2D eigenvalue weighted by molar-refractivity contribution is 0.0438. The molecular formula is C20H30N2O6S. The molecule has 4 N–H and O–H groups in total. The highest BCUT2D eigenvalue weighted by atomic mass is 32.2. The van der Waals surface area contributed by atoms with Crippen LogP contribution in [-0.2, 0) is 10.0 Å². The highest BCUT2D eigenvalue weighted by Gasteiger charge is 2.46. The van der Waals surface area contributed by atoms with Gasteiger partial charge in [0.15, 0.2) is 0 Å². The number of rotatable bonds is 2. The maximum Gasteiger partial charge on any atom is 0.244 e. The van der Waals surface area contributed by atoms with E-state index in [1.807, 2.05) is 0 Å². The molecule has 1 aromatic carbocycles. The Bertz CT molecular complexity index is 818. The monoisotopic (exact) mass is 426 g/mol. The van der Waals surface area contributed by atoms with E-state index in [9.17, 15) is 23.7 Å². The van der Waals surface area contributed by atoms with Gasteiger partial charge in [-0.05, 0) is 43.7 Å². The van der Waals surface area contributed by atoms with E-state index in [1.54, 1.807) is 18.2 Å². The number of fused-ring (bicyclic) bond motifs is 1. The summed E-state index contributed by atoms with van der Waals surface area (Å²) < 4.78 is 34.0. The molecule has 9 heteroatoms. The first-order valence-electron chi connectivity index (χ1n) is 10.2. The Labute approximate surface area is 171 Å². The van der Waals surface area contributed by atoms with Crippen LogP contribution in [0.1, 0.15) is 25.7 Å². The molecule has 162 valence electrons. The predicted octanol–water partition coefficient (Wildman–Crippen LogP) is -0.0678. The number of hydrogen-bond acceptors (Lipinski definition) is 7. The summed E-state index contributed by atoms with van der Waals surface area (Å²) in [6.45, 7) is 1.81. The molecule has 2 saturated carbocycles. The molecule has 1 aromatic rings. The van der Waals surface area contributed by atoms with Gasteiger partial charge in [-0.15, -0.1) is 0 Å². The van der Waals surface area contributed by atoms with E-state index >= 15 is 0 Å². The Morgan fingerprint density at radius 3 is 2.52 bits per heavy atom. The number of benzene rings is 1. The van der Waals surface area contributed by atoms with Gasteiger partial charge in [0, 0.05) is 31.6 Å². The lowest BCUT2D eigenvalue weighted by Gasteiger charge is -2.37. The maximum absolute atomic E-state index is 12.7. The molecule has 2 aliphatic carbocycles. The Morgan fingerprint density at radius 1 is 1.14 bits per heavy atom. The van der Waals surface area contributed by atoms with Crippen molar-refractivity contribution < 1.29 is 28.5 Å². The van der Waals surface area contributed by atoms with E-state index in [2.05, 4.69) is 9.62 Å². The molecule has 1 spiro atoms. The van der Waals surface area contributed by atoms with Gasteiger partial charge in [0.1, 0.15) is 10.6 Å². The zero-order chi connectivity index (χ0) is 20.6. The smallest absolute Gasteiger partial charge is 0.244 e. The van der Waals surface area contributed by atoms with Gasteiger partial charge >= 0.3 is 0 Å². The fraction of sp³-hybridized carbons (Fsp3) is 0.700. The Kier molecular flexibility index (Phi) is 5.89. The molecule has 2 fully saturated rings. The fourth-order valence-electron chi connectivity index (χ4n) is 4.55. The second-order valence-corrected chi connectivity index (χ2v) is 10.7. The molecule has 0 saturated heterocycles. The third kappa shape index (κ3) is 4.92. The minimum absolute atomic E-state index is 0.0249. The van der Waals surface area contributed by atoms with Crippen LogP contribution in [0, 0.1) is 11.3 Å². The van der Waals surface area contributed by atoms with Crippen molar-refractivity contribution in [2.75, 3.05) is 32.8 Å². The largest absolute Gasteiger partial charge is 0.492 e. The van der Waals surface area contributed by atoms with Gasteiger partial charge in [-0.2, -0.15) is 0 Å². The summed E-state index contributed by atoms with van der Waals surface area (Å²) in [6, 6.07) is 6.41. The maximum atomic E-state index is 12.7. The lowest BCUT2D eigenvalue weighted by atomic mass is 9.85. The number of para-hydroxylation sites is 1. The summed E-state index contributed by atoms with van der Waals surface area (Å²) in [7, 11) is -3.84. The quantitative estimate of drug-likeness (QED) is 0.523. The topological polar surface area (TPSA) is 119 Å². The zero-order valence-corrected chi connectivity index (χ0v) is 17.2. The average molecular weight is 427 g/mol. The molecule has 3 aliphatic rings. The highest BCUT2D eigenvalue weighted by Crippen LogP contribution is 2.41. The van der Waals surface area contributed by atoms with E-state index in [-0.39, 0.29) is 23.8 Å². The molecule has 0 aromatic heterocycles. The molecule has 4 atom stereocenters. The molecular weight excluding hydrogens is 396 g/mol. The highest BCUT2D eigenvalue weighted by molar-refractivity contribution is 7.89.